The second kappa shape index (κ2) is 12.5. The van der Waals surface area contributed by atoms with Gasteiger partial charge < -0.3 is 25.2 Å². The summed E-state index contributed by atoms with van der Waals surface area (Å²) in [5.74, 6) is 3.65. The minimum Gasteiger partial charge on any atom is -0.444 e. The molecule has 0 aromatic heterocycles. The molecule has 0 spiro atoms. The molecule has 5 aliphatic carbocycles. The maximum atomic E-state index is 14.3. The van der Waals surface area contributed by atoms with E-state index in [1.54, 1.807) is 0 Å². The Hall–Kier alpha value is -1.34. The molecule has 0 heterocycles. The molecule has 0 aromatic rings. The van der Waals surface area contributed by atoms with Gasteiger partial charge in [0.15, 0.2) is 0 Å². The summed E-state index contributed by atoms with van der Waals surface area (Å²) in [5, 5.41) is 17.1. The third kappa shape index (κ3) is 5.83. The Labute approximate surface area is 280 Å². The van der Waals surface area contributed by atoms with Crippen molar-refractivity contribution in [2.24, 2.45) is 62.6 Å². The number of aliphatic hydroxyl groups excluding tert-OH is 1. The average Bonchev–Trinajstić information content (AvgIpc) is 3.35. The second-order valence-corrected chi connectivity index (χ2v) is 19.0. The smallest absolute Gasteiger partial charge is 0.407 e. The van der Waals surface area contributed by atoms with Crippen molar-refractivity contribution in [1.29, 1.82) is 0 Å². The summed E-state index contributed by atoms with van der Waals surface area (Å²) in [7, 11) is 0. The maximum Gasteiger partial charge on any atom is 0.407 e. The number of alkyl carbamates (subject to hydrolysis) is 1. The fourth-order valence-corrected chi connectivity index (χ4v) is 12.8. The zero-order valence-electron chi connectivity index (χ0n) is 31.0. The van der Waals surface area contributed by atoms with Crippen molar-refractivity contribution in [2.45, 2.75) is 145 Å². The van der Waals surface area contributed by atoms with Crippen LogP contribution in [0.3, 0.4) is 0 Å². The first-order valence-electron chi connectivity index (χ1n) is 18.8. The molecule has 7 nitrogen and oxygen atoms in total. The predicted molar refractivity (Wildman–Crippen MR) is 183 cm³/mol. The van der Waals surface area contributed by atoms with Crippen LogP contribution >= 0.6 is 0 Å². The molecule has 0 saturated heterocycles. The number of carbonyl (C=O) groups is 2. The summed E-state index contributed by atoms with van der Waals surface area (Å²) >= 11 is 0. The van der Waals surface area contributed by atoms with Gasteiger partial charge in [-0.15, -0.1) is 0 Å². The zero-order chi connectivity index (χ0) is 33.9. The molecule has 5 saturated carbocycles. The van der Waals surface area contributed by atoms with Gasteiger partial charge in [0.1, 0.15) is 5.60 Å². The molecule has 5 fully saturated rings. The van der Waals surface area contributed by atoms with Crippen LogP contribution in [0.5, 0.6) is 0 Å². The first-order valence-corrected chi connectivity index (χ1v) is 18.8. The highest BCUT2D eigenvalue weighted by molar-refractivity contribution is 5.83. The SMILES string of the molecule is CC(C)[C@@H]1CC[C@]2(C(=O)NCCOCCNC(=O)OC(C)(C)C)CC[C@]3(C)C(CCC4[C@@]5(C)CC[C@@H](O)C(C)(C)C5CC[C@]43C)[C@H]12. The molecule has 0 radical (unpaired) electrons. The number of fused-ring (bicyclic) bond motifs is 7. The topological polar surface area (TPSA) is 96.9 Å². The molecule has 0 aliphatic heterocycles. The third-order valence-corrected chi connectivity index (χ3v) is 15.2. The maximum absolute atomic E-state index is 14.3. The first-order chi connectivity index (χ1) is 21.3. The summed E-state index contributed by atoms with van der Waals surface area (Å²) < 4.78 is 11.0. The van der Waals surface area contributed by atoms with E-state index in [4.69, 9.17) is 9.47 Å². The number of rotatable bonds is 8. The number of hydrogen-bond acceptors (Lipinski definition) is 5. The van der Waals surface area contributed by atoms with Crippen molar-refractivity contribution < 1.29 is 24.2 Å². The lowest BCUT2D eigenvalue weighted by atomic mass is 9.32. The Morgan fingerprint density at radius 2 is 1.48 bits per heavy atom. The molecular formula is C39H68N2O5. The Kier molecular flexibility index (Phi) is 9.79. The van der Waals surface area contributed by atoms with Gasteiger partial charge in [0.25, 0.3) is 0 Å². The zero-order valence-corrected chi connectivity index (χ0v) is 31.0. The summed E-state index contributed by atoms with van der Waals surface area (Å²) in [6.07, 6.45) is 10.7. The van der Waals surface area contributed by atoms with Crippen LogP contribution in [0.1, 0.15) is 133 Å². The molecule has 3 unspecified atom stereocenters. The fraction of sp³-hybridized carbons (Fsp3) is 0.949. The van der Waals surface area contributed by atoms with Gasteiger partial charge in [0, 0.05) is 13.1 Å². The van der Waals surface area contributed by atoms with Crippen molar-refractivity contribution in [1.82, 2.24) is 10.6 Å². The van der Waals surface area contributed by atoms with E-state index in [2.05, 4.69) is 59.1 Å². The lowest BCUT2D eigenvalue weighted by molar-refractivity contribution is -0.248. The molecule has 7 heteroatoms. The van der Waals surface area contributed by atoms with Crippen LogP contribution in [0.2, 0.25) is 0 Å². The van der Waals surface area contributed by atoms with Gasteiger partial charge in [-0.1, -0.05) is 48.5 Å². The van der Waals surface area contributed by atoms with E-state index in [1.165, 1.54) is 25.7 Å². The number of amides is 2. The summed E-state index contributed by atoms with van der Waals surface area (Å²) in [4.78, 5) is 26.2. The van der Waals surface area contributed by atoms with Gasteiger partial charge in [-0.25, -0.2) is 4.79 Å². The Bertz CT molecular complexity index is 1130. The van der Waals surface area contributed by atoms with Crippen LogP contribution in [0.15, 0.2) is 0 Å². The first kappa shape index (κ1) is 36.0. The highest BCUT2D eigenvalue weighted by Gasteiger charge is 2.71. The number of nitrogens with one attached hydrogen (secondary N) is 2. The molecular weight excluding hydrogens is 576 g/mol. The van der Waals surface area contributed by atoms with E-state index < -0.39 is 11.7 Å². The van der Waals surface area contributed by atoms with Gasteiger partial charge in [0.2, 0.25) is 5.91 Å². The number of hydrogen-bond donors (Lipinski definition) is 3. The quantitative estimate of drug-likeness (QED) is 0.235. The van der Waals surface area contributed by atoms with E-state index >= 15 is 0 Å². The lowest BCUT2D eigenvalue weighted by Crippen LogP contribution is -2.67. The summed E-state index contributed by atoms with van der Waals surface area (Å²) in [6, 6.07) is 0. The van der Waals surface area contributed by atoms with Crippen LogP contribution < -0.4 is 10.6 Å². The number of ether oxygens (including phenoxy) is 2. The van der Waals surface area contributed by atoms with Crippen molar-refractivity contribution >= 4 is 12.0 Å². The average molecular weight is 645 g/mol. The van der Waals surface area contributed by atoms with Crippen LogP contribution in [-0.4, -0.2) is 55.1 Å². The second-order valence-electron chi connectivity index (χ2n) is 19.0. The summed E-state index contributed by atoms with van der Waals surface area (Å²) in [6.45, 7) is 24.6. The molecule has 2 amide bonds. The van der Waals surface area contributed by atoms with Gasteiger partial charge in [0.05, 0.1) is 24.7 Å². The Balaban J connectivity index is 1.27. The van der Waals surface area contributed by atoms with Crippen molar-refractivity contribution in [3.05, 3.63) is 0 Å². The van der Waals surface area contributed by atoms with Gasteiger partial charge in [-0.2, -0.15) is 0 Å². The molecule has 3 N–H and O–H groups in total. The Morgan fingerprint density at radius 1 is 0.804 bits per heavy atom. The molecule has 0 bridgehead atoms. The fourth-order valence-electron chi connectivity index (χ4n) is 12.8. The van der Waals surface area contributed by atoms with Gasteiger partial charge in [-0.3, -0.25) is 4.79 Å². The molecule has 264 valence electrons. The molecule has 0 aromatic carbocycles. The molecule has 46 heavy (non-hydrogen) atoms. The van der Waals surface area contributed by atoms with E-state index in [0.29, 0.717) is 61.8 Å². The largest absolute Gasteiger partial charge is 0.444 e. The predicted octanol–water partition coefficient (Wildman–Crippen LogP) is 7.74. The minimum atomic E-state index is -0.524. The Morgan fingerprint density at radius 3 is 2.13 bits per heavy atom. The van der Waals surface area contributed by atoms with Crippen molar-refractivity contribution in [3.8, 4) is 0 Å². The number of carbonyl (C=O) groups excluding carboxylic acids is 2. The van der Waals surface area contributed by atoms with Gasteiger partial charge in [-0.05, 0) is 142 Å². The van der Waals surface area contributed by atoms with E-state index in [9.17, 15) is 14.7 Å². The molecule has 10 atom stereocenters. The van der Waals surface area contributed by atoms with Crippen molar-refractivity contribution in [2.75, 3.05) is 26.3 Å². The standard InChI is InChI=1S/C39H68N2O5/c1-25(2)26-13-18-39(32(43)40-21-23-45-24-22-41-33(44)46-34(3,4)5)20-19-37(9)27(31(26)39)11-12-29-36(8)16-15-30(42)35(6,7)28(36)14-17-38(29,37)10/h25-31,42H,11-24H2,1-10H3,(H,40,43)(H,41,44)/t26-,27?,28?,29?,30+,31-,36-,37+,38+,39-/m0/s1. The lowest BCUT2D eigenvalue weighted by Gasteiger charge is -2.73. The third-order valence-electron chi connectivity index (χ3n) is 15.2. The minimum absolute atomic E-state index is 0.0294. The van der Waals surface area contributed by atoms with Crippen LogP contribution in [0.4, 0.5) is 4.79 Å². The number of aliphatic hydroxyl groups is 1. The van der Waals surface area contributed by atoms with E-state index in [1.807, 2.05) is 20.8 Å². The normalized spacial score (nSPS) is 43.1. The van der Waals surface area contributed by atoms with Crippen LogP contribution in [-0.2, 0) is 14.3 Å². The highest BCUT2D eigenvalue weighted by Crippen LogP contribution is 2.77. The van der Waals surface area contributed by atoms with E-state index in [0.717, 1.165) is 38.5 Å². The van der Waals surface area contributed by atoms with Crippen LogP contribution in [0, 0.1) is 62.6 Å². The highest BCUT2D eigenvalue weighted by atomic mass is 16.6. The van der Waals surface area contributed by atoms with Crippen molar-refractivity contribution in [3.63, 3.8) is 0 Å². The van der Waals surface area contributed by atoms with Gasteiger partial charge >= 0.3 is 6.09 Å². The van der Waals surface area contributed by atoms with E-state index in [-0.39, 0.29) is 39.1 Å². The van der Waals surface area contributed by atoms with Crippen LogP contribution in [0.25, 0.3) is 0 Å². The summed E-state index contributed by atoms with van der Waals surface area (Å²) in [5.41, 5.74) is -0.0838. The molecule has 5 aliphatic rings. The molecule has 5 rings (SSSR count). The monoisotopic (exact) mass is 645 g/mol.